The molecule has 0 unspecified atom stereocenters. The van der Waals surface area contributed by atoms with E-state index in [0.717, 1.165) is 35.9 Å². The summed E-state index contributed by atoms with van der Waals surface area (Å²) < 4.78 is 7.75. The van der Waals surface area contributed by atoms with Crippen LogP contribution in [-0.2, 0) is 17.8 Å². The number of ether oxygens (including phenoxy) is 1. The number of phenols is 1. The lowest BCUT2D eigenvalue weighted by Gasteiger charge is -2.48. The monoisotopic (exact) mass is 460 g/mol. The summed E-state index contributed by atoms with van der Waals surface area (Å²) in [6.07, 6.45) is 3.78. The third-order valence-electron chi connectivity index (χ3n) is 6.83. The average molecular weight is 461 g/mol. The van der Waals surface area contributed by atoms with E-state index in [2.05, 4.69) is 35.2 Å². The number of hydrogen-bond acceptors (Lipinski definition) is 5. The fraction of sp³-hybridized carbons (Fsp3) is 0.407. The lowest BCUT2D eigenvalue weighted by atomic mass is 9.89. The molecule has 2 N–H and O–H groups in total. The van der Waals surface area contributed by atoms with Crippen LogP contribution in [0.2, 0.25) is 0 Å². The molecule has 3 heterocycles. The standard InChI is InChI=1S/C27H32N4O3/c1-18(2)10-11-31-25-9-4-3-8-24(25)26(29-31)27(33)28-20-13-21-16-34-17-22(14-20)30(21)15-19-6-5-7-23(32)12-19/h3-10,12,20-22,32H,11,13-17H2,1-2H3,(H,28,33)/t20-,21-,22+. The van der Waals surface area contributed by atoms with Gasteiger partial charge in [0.25, 0.3) is 5.91 Å². The second kappa shape index (κ2) is 9.60. The topological polar surface area (TPSA) is 79.6 Å². The second-order valence-corrected chi connectivity index (χ2v) is 9.66. The number of benzene rings is 2. The molecule has 3 atom stereocenters. The highest BCUT2D eigenvalue weighted by Crippen LogP contribution is 2.30. The molecule has 2 aliphatic rings. The Hall–Kier alpha value is -3.16. The van der Waals surface area contributed by atoms with Crippen molar-refractivity contribution < 1.29 is 14.6 Å². The van der Waals surface area contributed by atoms with Gasteiger partial charge in [-0.25, -0.2) is 0 Å². The van der Waals surface area contributed by atoms with Gasteiger partial charge in [-0.15, -0.1) is 0 Å². The molecule has 1 aromatic heterocycles. The molecule has 2 bridgehead atoms. The van der Waals surface area contributed by atoms with Gasteiger partial charge >= 0.3 is 0 Å². The zero-order valence-corrected chi connectivity index (χ0v) is 19.8. The second-order valence-electron chi connectivity index (χ2n) is 9.66. The van der Waals surface area contributed by atoms with Crippen LogP contribution in [0.5, 0.6) is 5.75 Å². The molecular weight excluding hydrogens is 428 g/mol. The van der Waals surface area contributed by atoms with Gasteiger partial charge in [0.05, 0.1) is 25.3 Å². The predicted molar refractivity (Wildman–Crippen MR) is 132 cm³/mol. The van der Waals surface area contributed by atoms with E-state index in [1.165, 1.54) is 5.57 Å². The molecule has 0 radical (unpaired) electrons. The van der Waals surface area contributed by atoms with Crippen LogP contribution in [0.1, 0.15) is 42.7 Å². The van der Waals surface area contributed by atoms with Crippen LogP contribution in [-0.4, -0.2) is 57.0 Å². The van der Waals surface area contributed by atoms with Gasteiger partial charge in [0, 0.05) is 30.1 Å². The third kappa shape index (κ3) is 4.72. The van der Waals surface area contributed by atoms with Crippen molar-refractivity contribution >= 4 is 16.8 Å². The van der Waals surface area contributed by atoms with Crippen molar-refractivity contribution in [1.29, 1.82) is 0 Å². The molecule has 0 spiro atoms. The Balaban J connectivity index is 1.31. The van der Waals surface area contributed by atoms with E-state index in [-0.39, 0.29) is 29.8 Å². The van der Waals surface area contributed by atoms with Crippen LogP contribution in [0, 0.1) is 0 Å². The summed E-state index contributed by atoms with van der Waals surface area (Å²) in [5, 5.41) is 18.7. The van der Waals surface area contributed by atoms with Crippen LogP contribution in [0.4, 0.5) is 0 Å². The van der Waals surface area contributed by atoms with Crippen molar-refractivity contribution in [1.82, 2.24) is 20.0 Å². The van der Waals surface area contributed by atoms with E-state index in [1.807, 2.05) is 47.1 Å². The number of hydrogen-bond donors (Lipinski definition) is 2. The highest BCUT2D eigenvalue weighted by molar-refractivity contribution is 6.05. The van der Waals surface area contributed by atoms with Gasteiger partial charge < -0.3 is 15.2 Å². The maximum Gasteiger partial charge on any atom is 0.272 e. The van der Waals surface area contributed by atoms with Crippen LogP contribution < -0.4 is 5.32 Å². The Morgan fingerprint density at radius 1 is 1.15 bits per heavy atom. The number of rotatable bonds is 6. The van der Waals surface area contributed by atoms with Crippen LogP contribution in [0.25, 0.3) is 10.9 Å². The van der Waals surface area contributed by atoms with Crippen molar-refractivity contribution in [2.24, 2.45) is 0 Å². The maximum atomic E-state index is 13.3. The number of amides is 1. The van der Waals surface area contributed by atoms with Crippen molar-refractivity contribution in [3.05, 3.63) is 71.4 Å². The Morgan fingerprint density at radius 3 is 2.65 bits per heavy atom. The van der Waals surface area contributed by atoms with Crippen LogP contribution >= 0.6 is 0 Å². The number of allylic oxidation sites excluding steroid dienone is 2. The molecule has 5 rings (SSSR count). The number of carbonyl (C=O) groups is 1. The Kier molecular flexibility index (Phi) is 6.39. The number of aromatic hydroxyl groups is 1. The number of para-hydroxylation sites is 1. The van der Waals surface area contributed by atoms with Gasteiger partial charge in [0.15, 0.2) is 5.69 Å². The van der Waals surface area contributed by atoms with Gasteiger partial charge in [-0.3, -0.25) is 14.4 Å². The summed E-state index contributed by atoms with van der Waals surface area (Å²) >= 11 is 0. The van der Waals surface area contributed by atoms with Gasteiger partial charge in [0.1, 0.15) is 5.75 Å². The number of aromatic nitrogens is 2. The molecule has 7 heteroatoms. The smallest absolute Gasteiger partial charge is 0.272 e. The number of nitrogens with one attached hydrogen (secondary N) is 1. The van der Waals surface area contributed by atoms with E-state index >= 15 is 0 Å². The molecule has 0 saturated carbocycles. The zero-order chi connectivity index (χ0) is 23.7. The minimum Gasteiger partial charge on any atom is -0.508 e. The number of nitrogens with zero attached hydrogens (tertiary/aromatic N) is 3. The van der Waals surface area contributed by atoms with Gasteiger partial charge in [-0.1, -0.05) is 42.0 Å². The van der Waals surface area contributed by atoms with Crippen molar-refractivity contribution in [3.63, 3.8) is 0 Å². The summed E-state index contributed by atoms with van der Waals surface area (Å²) in [6, 6.07) is 15.9. The van der Waals surface area contributed by atoms with Crippen LogP contribution in [0.3, 0.4) is 0 Å². The van der Waals surface area contributed by atoms with Crippen LogP contribution in [0.15, 0.2) is 60.2 Å². The summed E-state index contributed by atoms with van der Waals surface area (Å²) in [7, 11) is 0. The Labute approximate surface area is 200 Å². The molecule has 1 amide bonds. The minimum atomic E-state index is -0.113. The highest BCUT2D eigenvalue weighted by Gasteiger charge is 2.39. The number of morpholine rings is 1. The van der Waals surface area contributed by atoms with Crippen molar-refractivity contribution in [2.45, 2.75) is 57.9 Å². The van der Waals surface area contributed by atoms with Gasteiger partial charge in [-0.05, 0) is 50.5 Å². The molecule has 2 aromatic carbocycles. The van der Waals surface area contributed by atoms with E-state index in [9.17, 15) is 9.90 Å². The lowest BCUT2D eigenvalue weighted by molar-refractivity contribution is -0.0843. The van der Waals surface area contributed by atoms with Crippen molar-refractivity contribution in [2.75, 3.05) is 13.2 Å². The largest absolute Gasteiger partial charge is 0.508 e. The summed E-state index contributed by atoms with van der Waals surface area (Å²) in [6.45, 7) is 6.85. The number of phenolic OH excluding ortho intramolecular Hbond substituents is 1. The first-order valence-corrected chi connectivity index (χ1v) is 12.0. The fourth-order valence-corrected chi connectivity index (χ4v) is 5.19. The first kappa shape index (κ1) is 22.6. The summed E-state index contributed by atoms with van der Waals surface area (Å²) in [5.74, 6) is 0.176. The molecule has 2 fully saturated rings. The molecule has 0 aliphatic carbocycles. The molecule has 34 heavy (non-hydrogen) atoms. The molecule has 178 valence electrons. The van der Waals surface area contributed by atoms with Gasteiger partial charge in [0.2, 0.25) is 0 Å². The third-order valence-corrected chi connectivity index (χ3v) is 6.83. The summed E-state index contributed by atoms with van der Waals surface area (Å²) in [5.41, 5.74) is 3.77. The highest BCUT2D eigenvalue weighted by atomic mass is 16.5. The zero-order valence-electron chi connectivity index (χ0n) is 19.8. The molecule has 2 aliphatic heterocycles. The molecular formula is C27H32N4O3. The van der Waals surface area contributed by atoms with E-state index < -0.39 is 0 Å². The summed E-state index contributed by atoms with van der Waals surface area (Å²) in [4.78, 5) is 15.8. The number of fused-ring (bicyclic) bond motifs is 3. The molecule has 7 nitrogen and oxygen atoms in total. The lowest BCUT2D eigenvalue weighted by Crippen LogP contribution is -2.60. The fourth-order valence-electron chi connectivity index (χ4n) is 5.19. The predicted octanol–water partition coefficient (Wildman–Crippen LogP) is 3.87. The first-order valence-electron chi connectivity index (χ1n) is 12.0. The SMILES string of the molecule is CC(C)=CCn1nc(C(=O)N[C@H]2C[C@H]3COC[C@@H](C2)N3Cc2cccc(O)c2)c2ccccc21. The molecule has 3 aromatic rings. The Morgan fingerprint density at radius 2 is 1.91 bits per heavy atom. The minimum absolute atomic E-state index is 0.0773. The quantitative estimate of drug-likeness (QED) is 0.546. The molecule has 2 saturated heterocycles. The normalized spacial score (nSPS) is 22.5. The van der Waals surface area contributed by atoms with E-state index in [1.54, 1.807) is 6.07 Å². The first-order chi connectivity index (χ1) is 16.5. The maximum absolute atomic E-state index is 13.3. The van der Waals surface area contributed by atoms with Gasteiger partial charge in [-0.2, -0.15) is 5.10 Å². The Bertz CT molecular complexity index is 1200. The van der Waals surface area contributed by atoms with Crippen molar-refractivity contribution in [3.8, 4) is 5.75 Å². The number of piperidine rings is 1. The van der Waals surface area contributed by atoms with E-state index in [4.69, 9.17) is 4.74 Å². The van der Waals surface area contributed by atoms with E-state index in [0.29, 0.717) is 25.5 Å². The average Bonchev–Trinajstić information content (AvgIpc) is 3.17. The number of carbonyl (C=O) groups excluding carboxylic acids is 1.